The molecule has 1 atom stereocenters. The second-order valence-electron chi connectivity index (χ2n) is 4.68. The molecule has 0 saturated carbocycles. The van der Waals surface area contributed by atoms with Gasteiger partial charge in [-0.15, -0.1) is 12.4 Å². The SMILES string of the molecule is Cl.O=C(NCCNC(=O)C1CCCN1)c1ccccc1F. The van der Waals surface area contributed by atoms with E-state index in [2.05, 4.69) is 16.0 Å². The van der Waals surface area contributed by atoms with E-state index in [4.69, 9.17) is 0 Å². The maximum absolute atomic E-state index is 13.3. The Hall–Kier alpha value is -1.66. The first-order valence-electron chi connectivity index (χ1n) is 6.72. The second kappa shape index (κ2) is 8.59. The molecule has 1 saturated heterocycles. The summed E-state index contributed by atoms with van der Waals surface area (Å²) in [6.07, 6.45) is 1.84. The van der Waals surface area contributed by atoms with Gasteiger partial charge in [0.1, 0.15) is 5.82 Å². The molecule has 116 valence electrons. The van der Waals surface area contributed by atoms with Crippen LogP contribution >= 0.6 is 12.4 Å². The van der Waals surface area contributed by atoms with Crippen LogP contribution in [0.25, 0.3) is 0 Å². The first-order valence-corrected chi connectivity index (χ1v) is 6.72. The van der Waals surface area contributed by atoms with Crippen LogP contribution in [0, 0.1) is 5.82 Å². The zero-order valence-corrected chi connectivity index (χ0v) is 12.3. The van der Waals surface area contributed by atoms with E-state index < -0.39 is 11.7 Å². The van der Waals surface area contributed by atoms with Gasteiger partial charge in [0.05, 0.1) is 11.6 Å². The minimum atomic E-state index is -0.552. The van der Waals surface area contributed by atoms with Gasteiger partial charge in [-0.25, -0.2) is 4.39 Å². The number of amides is 2. The largest absolute Gasteiger partial charge is 0.353 e. The molecule has 1 fully saturated rings. The average molecular weight is 316 g/mol. The quantitative estimate of drug-likeness (QED) is 0.705. The van der Waals surface area contributed by atoms with Crippen molar-refractivity contribution in [3.8, 4) is 0 Å². The molecule has 1 aliphatic heterocycles. The molecule has 0 aromatic heterocycles. The lowest BCUT2D eigenvalue weighted by atomic mass is 10.2. The van der Waals surface area contributed by atoms with Crippen molar-refractivity contribution in [1.29, 1.82) is 0 Å². The Morgan fingerprint density at radius 2 is 1.95 bits per heavy atom. The van der Waals surface area contributed by atoms with Crippen molar-refractivity contribution >= 4 is 24.2 Å². The molecule has 0 aliphatic carbocycles. The Labute approximate surface area is 129 Å². The van der Waals surface area contributed by atoms with Crippen LogP contribution in [0.15, 0.2) is 24.3 Å². The Bertz CT molecular complexity index is 493. The number of hydrogen-bond acceptors (Lipinski definition) is 3. The van der Waals surface area contributed by atoms with Gasteiger partial charge < -0.3 is 16.0 Å². The van der Waals surface area contributed by atoms with E-state index in [0.717, 1.165) is 19.4 Å². The van der Waals surface area contributed by atoms with Crippen LogP contribution in [-0.2, 0) is 4.79 Å². The Morgan fingerprint density at radius 3 is 2.62 bits per heavy atom. The molecule has 1 unspecified atom stereocenters. The maximum Gasteiger partial charge on any atom is 0.254 e. The molecule has 0 radical (unpaired) electrons. The molecule has 1 aliphatic rings. The molecule has 5 nitrogen and oxygen atoms in total. The fourth-order valence-electron chi connectivity index (χ4n) is 2.13. The summed E-state index contributed by atoms with van der Waals surface area (Å²) in [7, 11) is 0. The standard InChI is InChI=1S/C14H18FN3O2.ClH/c15-11-5-2-1-4-10(11)13(19)17-8-9-18-14(20)12-6-3-7-16-12;/h1-2,4-5,12,16H,3,6-9H2,(H,17,19)(H,18,20);1H. The van der Waals surface area contributed by atoms with Crippen LogP contribution in [-0.4, -0.2) is 37.5 Å². The van der Waals surface area contributed by atoms with Gasteiger partial charge in [0.2, 0.25) is 5.91 Å². The molecular formula is C14H19ClFN3O2. The first kappa shape index (κ1) is 17.4. The third-order valence-electron chi connectivity index (χ3n) is 3.21. The summed E-state index contributed by atoms with van der Waals surface area (Å²) in [6, 6.07) is 5.66. The van der Waals surface area contributed by atoms with E-state index >= 15 is 0 Å². The normalized spacial score (nSPS) is 16.9. The van der Waals surface area contributed by atoms with Gasteiger partial charge in [-0.3, -0.25) is 9.59 Å². The minimum Gasteiger partial charge on any atom is -0.353 e. The topological polar surface area (TPSA) is 70.2 Å². The smallest absolute Gasteiger partial charge is 0.254 e. The highest BCUT2D eigenvalue weighted by Crippen LogP contribution is 2.05. The number of nitrogens with one attached hydrogen (secondary N) is 3. The molecule has 3 N–H and O–H groups in total. The van der Waals surface area contributed by atoms with Gasteiger partial charge in [0, 0.05) is 13.1 Å². The highest BCUT2D eigenvalue weighted by atomic mass is 35.5. The van der Waals surface area contributed by atoms with Crippen molar-refractivity contribution in [1.82, 2.24) is 16.0 Å². The zero-order valence-electron chi connectivity index (χ0n) is 11.5. The van der Waals surface area contributed by atoms with E-state index in [1.54, 1.807) is 6.07 Å². The van der Waals surface area contributed by atoms with E-state index in [1.807, 2.05) is 0 Å². The fraction of sp³-hybridized carbons (Fsp3) is 0.429. The van der Waals surface area contributed by atoms with Crippen molar-refractivity contribution in [2.45, 2.75) is 18.9 Å². The number of hydrogen-bond donors (Lipinski definition) is 3. The van der Waals surface area contributed by atoms with Crippen molar-refractivity contribution in [3.05, 3.63) is 35.6 Å². The Morgan fingerprint density at radius 1 is 1.24 bits per heavy atom. The molecular weight excluding hydrogens is 297 g/mol. The maximum atomic E-state index is 13.3. The summed E-state index contributed by atoms with van der Waals surface area (Å²) < 4.78 is 13.3. The average Bonchev–Trinajstić information content (AvgIpc) is 2.98. The molecule has 1 aromatic carbocycles. The van der Waals surface area contributed by atoms with Crippen molar-refractivity contribution in [2.24, 2.45) is 0 Å². The van der Waals surface area contributed by atoms with Crippen LogP contribution in [0.5, 0.6) is 0 Å². The lowest BCUT2D eigenvalue weighted by molar-refractivity contribution is -0.122. The molecule has 1 aromatic rings. The number of halogens is 2. The molecule has 21 heavy (non-hydrogen) atoms. The van der Waals surface area contributed by atoms with Crippen LogP contribution < -0.4 is 16.0 Å². The minimum absolute atomic E-state index is 0. The van der Waals surface area contributed by atoms with Gasteiger partial charge in [0.25, 0.3) is 5.91 Å². The van der Waals surface area contributed by atoms with Crippen molar-refractivity contribution in [2.75, 3.05) is 19.6 Å². The van der Waals surface area contributed by atoms with Gasteiger partial charge in [-0.1, -0.05) is 12.1 Å². The van der Waals surface area contributed by atoms with E-state index in [1.165, 1.54) is 18.2 Å². The summed E-state index contributed by atoms with van der Waals surface area (Å²) in [5.74, 6) is -1.08. The predicted octanol–water partition coefficient (Wildman–Crippen LogP) is 0.845. The number of carbonyl (C=O) groups excluding carboxylic acids is 2. The molecule has 2 amide bonds. The number of rotatable bonds is 5. The summed E-state index contributed by atoms with van der Waals surface area (Å²) in [5, 5.41) is 8.40. The van der Waals surface area contributed by atoms with Crippen LogP contribution in [0.1, 0.15) is 23.2 Å². The molecule has 0 spiro atoms. The fourth-order valence-corrected chi connectivity index (χ4v) is 2.13. The van der Waals surface area contributed by atoms with E-state index in [9.17, 15) is 14.0 Å². The van der Waals surface area contributed by atoms with Crippen LogP contribution in [0.2, 0.25) is 0 Å². The van der Waals surface area contributed by atoms with Gasteiger partial charge in [-0.05, 0) is 31.5 Å². The highest BCUT2D eigenvalue weighted by molar-refractivity contribution is 5.94. The Kier molecular flexibility index (Phi) is 7.11. The zero-order chi connectivity index (χ0) is 14.4. The third kappa shape index (κ3) is 4.99. The molecule has 0 bridgehead atoms. The second-order valence-corrected chi connectivity index (χ2v) is 4.68. The monoisotopic (exact) mass is 315 g/mol. The number of benzene rings is 1. The van der Waals surface area contributed by atoms with Crippen molar-refractivity contribution in [3.63, 3.8) is 0 Å². The third-order valence-corrected chi connectivity index (χ3v) is 3.21. The lowest BCUT2D eigenvalue weighted by Crippen LogP contribution is -2.43. The Balaban J connectivity index is 0.00000220. The van der Waals surface area contributed by atoms with Gasteiger partial charge in [-0.2, -0.15) is 0 Å². The summed E-state index contributed by atoms with van der Waals surface area (Å²) in [6.45, 7) is 1.46. The van der Waals surface area contributed by atoms with E-state index in [-0.39, 0.29) is 36.5 Å². The lowest BCUT2D eigenvalue weighted by Gasteiger charge is -2.11. The summed E-state index contributed by atoms with van der Waals surface area (Å²) >= 11 is 0. The van der Waals surface area contributed by atoms with Gasteiger partial charge >= 0.3 is 0 Å². The molecule has 2 rings (SSSR count). The van der Waals surface area contributed by atoms with Gasteiger partial charge in [0.15, 0.2) is 0 Å². The molecule has 7 heteroatoms. The van der Waals surface area contributed by atoms with E-state index in [0.29, 0.717) is 6.54 Å². The predicted molar refractivity (Wildman–Crippen MR) is 80.0 cm³/mol. The van der Waals surface area contributed by atoms with Crippen LogP contribution in [0.3, 0.4) is 0 Å². The molecule has 1 heterocycles. The summed E-state index contributed by atoms with van der Waals surface area (Å²) in [4.78, 5) is 23.4. The van der Waals surface area contributed by atoms with Crippen molar-refractivity contribution < 1.29 is 14.0 Å². The van der Waals surface area contributed by atoms with Crippen LogP contribution in [0.4, 0.5) is 4.39 Å². The first-order chi connectivity index (χ1) is 9.68. The summed E-state index contributed by atoms with van der Waals surface area (Å²) in [5.41, 5.74) is 0.0105. The number of carbonyl (C=O) groups is 2. The highest BCUT2D eigenvalue weighted by Gasteiger charge is 2.21.